The van der Waals surface area contributed by atoms with Gasteiger partial charge in [0, 0.05) is 0 Å². The van der Waals surface area contributed by atoms with Crippen LogP contribution in [0, 0.1) is 11.8 Å². The number of aliphatic hydroxyl groups is 1. The Kier molecular flexibility index (Phi) is 4.30. The minimum absolute atomic E-state index is 0.432. The van der Waals surface area contributed by atoms with Crippen molar-refractivity contribution in [1.82, 2.24) is 0 Å². The van der Waals surface area contributed by atoms with Crippen molar-refractivity contribution in [1.29, 1.82) is 0 Å². The summed E-state index contributed by atoms with van der Waals surface area (Å²) in [7, 11) is 0. The van der Waals surface area contributed by atoms with Crippen molar-refractivity contribution in [2.24, 2.45) is 11.8 Å². The van der Waals surface area contributed by atoms with Gasteiger partial charge in [-0.3, -0.25) is 0 Å². The van der Waals surface area contributed by atoms with E-state index in [2.05, 4.69) is 19.9 Å². The Morgan fingerprint density at radius 1 is 1.35 bits per heavy atom. The van der Waals surface area contributed by atoms with Crippen LogP contribution in [0.15, 0.2) is 11.6 Å². The lowest BCUT2D eigenvalue weighted by molar-refractivity contribution is 0.00909. The molecule has 1 N–H and O–H groups in total. The number of rotatable bonds is 3. The van der Waals surface area contributed by atoms with Crippen LogP contribution in [0.25, 0.3) is 0 Å². The van der Waals surface area contributed by atoms with Gasteiger partial charge in [-0.1, -0.05) is 26.3 Å². The Hall–Kier alpha value is -0.300. The normalized spacial score (nSPS) is 34.8. The number of hydrogen-bond acceptors (Lipinski definition) is 1. The Labute approximate surface area is 106 Å². The Balaban J connectivity index is 2.01. The third-order valence-electron chi connectivity index (χ3n) is 4.52. The molecule has 0 amide bonds. The van der Waals surface area contributed by atoms with Crippen LogP contribution in [-0.2, 0) is 0 Å². The van der Waals surface area contributed by atoms with E-state index in [1.54, 1.807) is 0 Å². The molecule has 1 fully saturated rings. The first-order valence-electron chi connectivity index (χ1n) is 7.52. The highest BCUT2D eigenvalue weighted by atomic mass is 16.3. The maximum absolute atomic E-state index is 10.9. The molecule has 98 valence electrons. The SMILES string of the molecule is CC(C)CC1CCCC(O)(C2=CCCCC2)C1. The molecule has 17 heavy (non-hydrogen) atoms. The maximum atomic E-state index is 10.9. The summed E-state index contributed by atoms with van der Waals surface area (Å²) in [6.45, 7) is 4.60. The van der Waals surface area contributed by atoms with Gasteiger partial charge < -0.3 is 5.11 Å². The van der Waals surface area contributed by atoms with Crippen LogP contribution >= 0.6 is 0 Å². The molecular weight excluding hydrogens is 208 g/mol. The molecule has 2 aliphatic carbocycles. The van der Waals surface area contributed by atoms with Crippen LogP contribution in [0.2, 0.25) is 0 Å². The molecular formula is C16H28O. The minimum atomic E-state index is -0.432. The molecule has 0 aromatic rings. The average Bonchev–Trinajstić information content (AvgIpc) is 2.29. The van der Waals surface area contributed by atoms with Gasteiger partial charge >= 0.3 is 0 Å². The molecule has 0 spiro atoms. The molecule has 0 aliphatic heterocycles. The van der Waals surface area contributed by atoms with Crippen LogP contribution in [0.4, 0.5) is 0 Å². The van der Waals surface area contributed by atoms with Crippen molar-refractivity contribution < 1.29 is 5.11 Å². The molecule has 2 rings (SSSR count). The molecule has 2 atom stereocenters. The van der Waals surface area contributed by atoms with Crippen LogP contribution in [0.5, 0.6) is 0 Å². The summed E-state index contributed by atoms with van der Waals surface area (Å²) in [5, 5.41) is 10.9. The summed E-state index contributed by atoms with van der Waals surface area (Å²) >= 11 is 0. The molecule has 0 radical (unpaired) electrons. The van der Waals surface area contributed by atoms with E-state index in [1.807, 2.05) is 0 Å². The summed E-state index contributed by atoms with van der Waals surface area (Å²) in [6, 6.07) is 0. The van der Waals surface area contributed by atoms with Gasteiger partial charge in [0.05, 0.1) is 5.60 Å². The zero-order valence-corrected chi connectivity index (χ0v) is 11.5. The highest BCUT2D eigenvalue weighted by Crippen LogP contribution is 2.42. The summed E-state index contributed by atoms with van der Waals surface area (Å²) in [5.41, 5.74) is 0.940. The fourth-order valence-electron chi connectivity index (χ4n) is 3.79. The number of hydrogen-bond donors (Lipinski definition) is 1. The molecule has 0 heterocycles. The predicted octanol–water partition coefficient (Wildman–Crippen LogP) is 4.45. The monoisotopic (exact) mass is 236 g/mol. The standard InChI is InChI=1S/C16H28O/c1-13(2)11-14-7-6-10-16(17,12-14)15-8-4-3-5-9-15/h8,13-14,17H,3-7,9-12H2,1-2H3. The highest BCUT2D eigenvalue weighted by molar-refractivity contribution is 5.19. The summed E-state index contributed by atoms with van der Waals surface area (Å²) in [6.07, 6.45) is 13.1. The van der Waals surface area contributed by atoms with E-state index in [4.69, 9.17) is 0 Å². The Bertz CT molecular complexity index is 279. The van der Waals surface area contributed by atoms with Gasteiger partial charge in [-0.05, 0) is 68.8 Å². The summed E-state index contributed by atoms with van der Waals surface area (Å²) in [4.78, 5) is 0. The van der Waals surface area contributed by atoms with Crippen molar-refractivity contribution in [3.8, 4) is 0 Å². The molecule has 0 aromatic carbocycles. The molecule has 0 aromatic heterocycles. The topological polar surface area (TPSA) is 20.2 Å². The van der Waals surface area contributed by atoms with Crippen LogP contribution in [0.3, 0.4) is 0 Å². The molecule has 1 nitrogen and oxygen atoms in total. The third-order valence-corrected chi connectivity index (χ3v) is 4.52. The summed E-state index contributed by atoms with van der Waals surface area (Å²) < 4.78 is 0. The molecule has 0 bridgehead atoms. The predicted molar refractivity (Wildman–Crippen MR) is 72.9 cm³/mol. The average molecular weight is 236 g/mol. The van der Waals surface area contributed by atoms with Gasteiger partial charge in [-0.15, -0.1) is 0 Å². The van der Waals surface area contributed by atoms with E-state index < -0.39 is 5.60 Å². The molecule has 1 heteroatoms. The molecule has 0 saturated heterocycles. The minimum Gasteiger partial charge on any atom is -0.386 e. The first-order valence-corrected chi connectivity index (χ1v) is 7.52. The quantitative estimate of drug-likeness (QED) is 0.718. The van der Waals surface area contributed by atoms with E-state index in [0.717, 1.165) is 31.1 Å². The van der Waals surface area contributed by atoms with E-state index in [-0.39, 0.29) is 0 Å². The molecule has 1 saturated carbocycles. The Morgan fingerprint density at radius 2 is 2.18 bits per heavy atom. The van der Waals surface area contributed by atoms with Crippen molar-refractivity contribution in [2.45, 2.75) is 77.2 Å². The van der Waals surface area contributed by atoms with Crippen molar-refractivity contribution >= 4 is 0 Å². The fourth-order valence-corrected chi connectivity index (χ4v) is 3.79. The summed E-state index contributed by atoms with van der Waals surface area (Å²) in [5.74, 6) is 1.51. The second-order valence-electron chi connectivity index (χ2n) is 6.60. The van der Waals surface area contributed by atoms with Gasteiger partial charge in [0.1, 0.15) is 0 Å². The smallest absolute Gasteiger partial charge is 0.0859 e. The third kappa shape index (κ3) is 3.34. The second kappa shape index (κ2) is 5.56. The first-order chi connectivity index (χ1) is 8.10. The van der Waals surface area contributed by atoms with Gasteiger partial charge in [0.2, 0.25) is 0 Å². The second-order valence-corrected chi connectivity index (χ2v) is 6.60. The highest BCUT2D eigenvalue weighted by Gasteiger charge is 2.37. The van der Waals surface area contributed by atoms with Crippen molar-refractivity contribution in [3.63, 3.8) is 0 Å². The van der Waals surface area contributed by atoms with Gasteiger partial charge in [0.15, 0.2) is 0 Å². The fraction of sp³-hybridized carbons (Fsp3) is 0.875. The van der Waals surface area contributed by atoms with Gasteiger partial charge in [-0.2, -0.15) is 0 Å². The largest absolute Gasteiger partial charge is 0.386 e. The van der Waals surface area contributed by atoms with E-state index in [9.17, 15) is 5.11 Å². The van der Waals surface area contributed by atoms with Gasteiger partial charge in [0.25, 0.3) is 0 Å². The van der Waals surface area contributed by atoms with E-state index in [0.29, 0.717) is 0 Å². The zero-order valence-electron chi connectivity index (χ0n) is 11.5. The van der Waals surface area contributed by atoms with Gasteiger partial charge in [-0.25, -0.2) is 0 Å². The molecule has 2 aliphatic rings. The number of allylic oxidation sites excluding steroid dienone is 1. The molecule has 2 unspecified atom stereocenters. The van der Waals surface area contributed by atoms with Crippen molar-refractivity contribution in [2.75, 3.05) is 0 Å². The Morgan fingerprint density at radius 3 is 2.82 bits per heavy atom. The zero-order chi connectivity index (χ0) is 12.3. The lowest BCUT2D eigenvalue weighted by Crippen LogP contribution is -2.38. The van der Waals surface area contributed by atoms with Crippen LogP contribution in [-0.4, -0.2) is 10.7 Å². The first kappa shape index (κ1) is 13.1. The van der Waals surface area contributed by atoms with Crippen LogP contribution < -0.4 is 0 Å². The lowest BCUT2D eigenvalue weighted by Gasteiger charge is -2.40. The van der Waals surface area contributed by atoms with E-state index >= 15 is 0 Å². The maximum Gasteiger partial charge on any atom is 0.0859 e. The van der Waals surface area contributed by atoms with Crippen molar-refractivity contribution in [3.05, 3.63) is 11.6 Å². The lowest BCUT2D eigenvalue weighted by atomic mass is 9.70. The van der Waals surface area contributed by atoms with Crippen LogP contribution in [0.1, 0.15) is 71.6 Å². The van der Waals surface area contributed by atoms with E-state index in [1.165, 1.54) is 44.1 Å².